The SMILES string of the molecule is N=C(O[C@H]1O[C@H](COCc2ccccc2)[C@@H](OCc2ccccc2)[C@H](OCc2ccccc2)[C@H]1OCc1ccccc1)C(Cl)(Cl)Cl. The van der Waals surface area contributed by atoms with Gasteiger partial charge in [0, 0.05) is 0 Å². The monoisotopic (exact) mass is 683 g/mol. The molecule has 1 aliphatic rings. The van der Waals surface area contributed by atoms with Crippen molar-refractivity contribution >= 4 is 40.7 Å². The summed E-state index contributed by atoms with van der Waals surface area (Å²) < 4.78 is 36.1. The fourth-order valence-electron chi connectivity index (χ4n) is 5.02. The third-order valence-electron chi connectivity index (χ3n) is 7.33. The summed E-state index contributed by atoms with van der Waals surface area (Å²) in [6.45, 7) is 1.24. The summed E-state index contributed by atoms with van der Waals surface area (Å²) in [4.78, 5) is 0. The van der Waals surface area contributed by atoms with E-state index >= 15 is 0 Å². The molecule has 5 atom stereocenters. The van der Waals surface area contributed by atoms with E-state index in [0.29, 0.717) is 6.61 Å². The standard InChI is InChI=1S/C36H36Cl3NO6/c37-36(38,39)35(40)46-34-33(44-24-29-19-11-4-12-20-29)32(43-23-28-17-9-3-10-18-28)31(42-22-27-15-7-2-8-16-27)30(45-34)25-41-21-26-13-5-1-6-14-26/h1-20,30-34,40H,21-25H2/t30-,31-,32+,33-,34-/m1/s1. The van der Waals surface area contributed by atoms with Crippen LogP contribution in [0.2, 0.25) is 0 Å². The van der Waals surface area contributed by atoms with Crippen LogP contribution in [-0.2, 0) is 54.8 Å². The summed E-state index contributed by atoms with van der Waals surface area (Å²) in [6, 6.07) is 39.2. The van der Waals surface area contributed by atoms with Crippen LogP contribution in [0.15, 0.2) is 121 Å². The Morgan fingerprint density at radius 3 is 1.39 bits per heavy atom. The largest absolute Gasteiger partial charge is 0.445 e. The second-order valence-electron chi connectivity index (χ2n) is 10.8. The van der Waals surface area contributed by atoms with E-state index in [1.165, 1.54) is 0 Å². The van der Waals surface area contributed by atoms with Gasteiger partial charge in [-0.15, -0.1) is 0 Å². The lowest BCUT2D eigenvalue weighted by Crippen LogP contribution is -2.62. The smallest absolute Gasteiger partial charge is 0.265 e. The number of rotatable bonds is 14. The lowest BCUT2D eigenvalue weighted by molar-refractivity contribution is -0.313. The number of hydrogen-bond acceptors (Lipinski definition) is 7. The second kappa shape index (κ2) is 17.3. The molecule has 1 fully saturated rings. The first-order chi connectivity index (χ1) is 22.4. The Kier molecular flexibility index (Phi) is 12.9. The van der Waals surface area contributed by atoms with Gasteiger partial charge in [0.05, 0.1) is 33.0 Å². The van der Waals surface area contributed by atoms with Crippen LogP contribution >= 0.6 is 34.8 Å². The summed E-state index contributed by atoms with van der Waals surface area (Å²) in [7, 11) is 0. The van der Waals surface area contributed by atoms with Gasteiger partial charge in [0.15, 0.2) is 0 Å². The molecule has 7 nitrogen and oxygen atoms in total. The zero-order valence-corrected chi connectivity index (χ0v) is 27.3. The highest BCUT2D eigenvalue weighted by atomic mass is 35.6. The molecule has 4 aromatic rings. The molecule has 0 radical (unpaired) electrons. The quantitative estimate of drug-likeness (QED) is 0.0823. The van der Waals surface area contributed by atoms with E-state index in [4.69, 9.17) is 68.6 Å². The maximum atomic E-state index is 8.37. The number of alkyl halides is 3. The summed E-state index contributed by atoms with van der Waals surface area (Å²) in [5.41, 5.74) is 3.87. The van der Waals surface area contributed by atoms with E-state index in [2.05, 4.69) is 0 Å². The molecule has 0 spiro atoms. The first-order valence-electron chi connectivity index (χ1n) is 14.9. The van der Waals surface area contributed by atoms with Gasteiger partial charge < -0.3 is 28.4 Å². The molecule has 242 valence electrons. The first kappa shape index (κ1) is 34.4. The zero-order chi connectivity index (χ0) is 32.2. The molecule has 0 aromatic heterocycles. The summed E-state index contributed by atoms with van der Waals surface area (Å²) in [5, 5.41) is 8.37. The molecule has 10 heteroatoms. The Morgan fingerprint density at radius 2 is 0.957 bits per heavy atom. The highest BCUT2D eigenvalue weighted by Gasteiger charge is 2.51. The van der Waals surface area contributed by atoms with Crippen molar-refractivity contribution in [2.75, 3.05) is 6.61 Å². The van der Waals surface area contributed by atoms with E-state index in [1.54, 1.807) is 0 Å². The lowest BCUT2D eigenvalue weighted by Gasteiger charge is -2.46. The molecule has 46 heavy (non-hydrogen) atoms. The van der Waals surface area contributed by atoms with Gasteiger partial charge in [-0.3, -0.25) is 5.41 Å². The van der Waals surface area contributed by atoms with Gasteiger partial charge >= 0.3 is 0 Å². The van der Waals surface area contributed by atoms with Gasteiger partial charge in [0.2, 0.25) is 12.2 Å². The number of hydrogen-bond donors (Lipinski definition) is 1. The molecule has 0 saturated carbocycles. The Balaban J connectivity index is 1.46. The summed E-state index contributed by atoms with van der Waals surface area (Å²) in [6.07, 6.45) is -4.17. The predicted molar refractivity (Wildman–Crippen MR) is 179 cm³/mol. The molecule has 0 unspecified atom stereocenters. The van der Waals surface area contributed by atoms with Crippen molar-refractivity contribution in [3.05, 3.63) is 144 Å². The maximum Gasteiger partial charge on any atom is 0.265 e. The van der Waals surface area contributed by atoms with Crippen molar-refractivity contribution in [1.82, 2.24) is 0 Å². The van der Waals surface area contributed by atoms with Gasteiger partial charge in [-0.25, -0.2) is 0 Å². The van der Waals surface area contributed by atoms with E-state index < -0.39 is 40.4 Å². The molecule has 0 bridgehead atoms. The Labute approximate surface area is 284 Å². The maximum absolute atomic E-state index is 8.37. The van der Waals surface area contributed by atoms with Crippen LogP contribution in [0.25, 0.3) is 0 Å². The predicted octanol–water partition coefficient (Wildman–Crippen LogP) is 8.05. The van der Waals surface area contributed by atoms with Gasteiger partial charge in [0.25, 0.3) is 3.79 Å². The fourth-order valence-corrected chi connectivity index (χ4v) is 5.16. The van der Waals surface area contributed by atoms with Crippen LogP contribution in [0.4, 0.5) is 0 Å². The van der Waals surface area contributed by atoms with Crippen LogP contribution in [-0.4, -0.2) is 47.0 Å². The number of ether oxygens (including phenoxy) is 6. The van der Waals surface area contributed by atoms with Crippen molar-refractivity contribution < 1.29 is 28.4 Å². The van der Waals surface area contributed by atoms with Gasteiger partial charge in [-0.1, -0.05) is 156 Å². The van der Waals surface area contributed by atoms with Gasteiger partial charge in [0.1, 0.15) is 24.4 Å². The molecule has 1 aliphatic heterocycles. The van der Waals surface area contributed by atoms with E-state index in [-0.39, 0.29) is 26.4 Å². The van der Waals surface area contributed by atoms with Crippen LogP contribution in [0.3, 0.4) is 0 Å². The zero-order valence-electron chi connectivity index (χ0n) is 25.1. The van der Waals surface area contributed by atoms with E-state index in [9.17, 15) is 0 Å². The van der Waals surface area contributed by atoms with Crippen molar-refractivity contribution in [2.45, 2.75) is 60.9 Å². The van der Waals surface area contributed by atoms with Gasteiger partial charge in [-0.2, -0.15) is 0 Å². The van der Waals surface area contributed by atoms with Crippen molar-refractivity contribution in [3.63, 3.8) is 0 Å². The third kappa shape index (κ3) is 10.3. The molecule has 1 saturated heterocycles. The van der Waals surface area contributed by atoms with E-state index in [0.717, 1.165) is 22.3 Å². The fraction of sp³-hybridized carbons (Fsp3) is 0.306. The van der Waals surface area contributed by atoms with Crippen molar-refractivity contribution in [1.29, 1.82) is 5.41 Å². The van der Waals surface area contributed by atoms with Crippen LogP contribution < -0.4 is 0 Å². The van der Waals surface area contributed by atoms with Crippen LogP contribution in [0.1, 0.15) is 22.3 Å². The molecule has 4 aromatic carbocycles. The molecular formula is C36H36Cl3NO6. The average molecular weight is 685 g/mol. The number of halogens is 3. The average Bonchev–Trinajstić information content (AvgIpc) is 3.07. The number of benzene rings is 4. The highest BCUT2D eigenvalue weighted by Crippen LogP contribution is 2.34. The Bertz CT molecular complexity index is 1460. The van der Waals surface area contributed by atoms with E-state index in [1.807, 2.05) is 121 Å². The minimum absolute atomic E-state index is 0.131. The van der Waals surface area contributed by atoms with Gasteiger partial charge in [-0.05, 0) is 22.3 Å². The highest BCUT2D eigenvalue weighted by molar-refractivity contribution is 6.76. The Morgan fingerprint density at radius 1 is 0.565 bits per heavy atom. The molecule has 0 aliphatic carbocycles. The Hall–Kier alpha value is -2.98. The van der Waals surface area contributed by atoms with Crippen molar-refractivity contribution in [3.8, 4) is 0 Å². The first-order valence-corrected chi connectivity index (χ1v) is 16.1. The lowest BCUT2D eigenvalue weighted by atomic mass is 9.97. The van der Waals surface area contributed by atoms with Crippen LogP contribution in [0.5, 0.6) is 0 Å². The summed E-state index contributed by atoms with van der Waals surface area (Å²) in [5.74, 6) is -0.606. The molecular weight excluding hydrogens is 649 g/mol. The minimum Gasteiger partial charge on any atom is -0.445 e. The molecule has 0 amide bonds. The molecule has 5 rings (SSSR count). The molecule has 1 N–H and O–H groups in total. The van der Waals surface area contributed by atoms with Crippen LogP contribution in [0, 0.1) is 5.41 Å². The minimum atomic E-state index is -2.12. The topological polar surface area (TPSA) is 79.2 Å². The third-order valence-corrected chi connectivity index (χ3v) is 7.85. The molecule has 1 heterocycles. The normalized spacial score (nSPS) is 21.5. The summed E-state index contributed by atoms with van der Waals surface area (Å²) >= 11 is 18.1. The van der Waals surface area contributed by atoms with Crippen molar-refractivity contribution in [2.24, 2.45) is 0 Å². The second-order valence-corrected chi connectivity index (χ2v) is 13.1. The number of nitrogens with one attached hydrogen (secondary N) is 1.